The van der Waals surface area contributed by atoms with Gasteiger partial charge in [-0.15, -0.1) is 5.73 Å². The summed E-state index contributed by atoms with van der Waals surface area (Å²) in [6.07, 6.45) is -3.88. The number of carbonyl (C=O) groups is 3. The number of carbonyl (C=O) groups excluding carboxylic acids is 3. The van der Waals surface area contributed by atoms with E-state index in [-0.39, 0.29) is 0 Å². The van der Waals surface area contributed by atoms with E-state index in [1.165, 1.54) is 26.8 Å². The van der Waals surface area contributed by atoms with Crippen LogP contribution in [0.5, 0.6) is 0 Å². The predicted octanol–water partition coefficient (Wildman–Crippen LogP) is 0.246. The van der Waals surface area contributed by atoms with E-state index in [1.807, 2.05) is 0 Å². The van der Waals surface area contributed by atoms with Crippen LogP contribution in [-0.2, 0) is 38.1 Å². The second kappa shape index (κ2) is 6.95. The van der Waals surface area contributed by atoms with E-state index in [4.69, 9.17) is 23.7 Å². The number of hydrogen-bond acceptors (Lipinski definition) is 8. The molecule has 2 saturated heterocycles. The van der Waals surface area contributed by atoms with E-state index in [0.717, 1.165) is 0 Å². The molecule has 0 spiro atoms. The van der Waals surface area contributed by atoms with Crippen LogP contribution in [0.15, 0.2) is 18.4 Å². The molecule has 8 heteroatoms. The molecule has 0 aromatic heterocycles. The fraction of sp³-hybridized carbons (Fsp3) is 0.600. The third-order valence-corrected chi connectivity index (χ3v) is 3.33. The first-order valence-electron chi connectivity index (χ1n) is 7.02. The van der Waals surface area contributed by atoms with Gasteiger partial charge in [0.1, 0.15) is 12.2 Å². The van der Waals surface area contributed by atoms with Gasteiger partial charge >= 0.3 is 17.9 Å². The summed E-state index contributed by atoms with van der Waals surface area (Å²) in [7, 11) is 0. The van der Waals surface area contributed by atoms with E-state index in [0.29, 0.717) is 0 Å². The number of ether oxygens (including phenoxy) is 5. The average molecular weight is 326 g/mol. The molecule has 2 aliphatic heterocycles. The van der Waals surface area contributed by atoms with Crippen molar-refractivity contribution in [3.63, 3.8) is 0 Å². The average Bonchev–Trinajstić information content (AvgIpc) is 2.79. The van der Waals surface area contributed by atoms with E-state index < -0.39 is 54.7 Å². The van der Waals surface area contributed by atoms with Crippen molar-refractivity contribution in [2.75, 3.05) is 0 Å². The number of esters is 3. The second-order valence-corrected chi connectivity index (χ2v) is 5.16. The van der Waals surface area contributed by atoms with Crippen molar-refractivity contribution in [3.05, 3.63) is 18.4 Å². The third-order valence-electron chi connectivity index (χ3n) is 3.33. The second-order valence-electron chi connectivity index (χ2n) is 5.16. The van der Waals surface area contributed by atoms with Gasteiger partial charge in [-0.25, -0.2) is 0 Å². The Balaban J connectivity index is 2.37. The minimum Gasteiger partial charge on any atom is -0.456 e. The summed E-state index contributed by atoms with van der Waals surface area (Å²) in [6, 6.07) is 0. The quantitative estimate of drug-likeness (QED) is 0.412. The molecule has 126 valence electrons. The highest BCUT2D eigenvalue weighted by molar-refractivity contribution is 5.68. The van der Waals surface area contributed by atoms with Crippen LogP contribution in [-0.4, -0.2) is 54.7 Å². The maximum atomic E-state index is 11.4. The zero-order valence-electron chi connectivity index (χ0n) is 13.0. The lowest BCUT2D eigenvalue weighted by Crippen LogP contribution is -2.58. The Bertz CT molecular complexity index is 534. The summed E-state index contributed by atoms with van der Waals surface area (Å²) in [5, 5.41) is 0. The van der Waals surface area contributed by atoms with Crippen LogP contribution in [0.1, 0.15) is 20.8 Å². The molecule has 0 saturated carbocycles. The molecule has 2 fully saturated rings. The smallest absolute Gasteiger partial charge is 0.303 e. The summed E-state index contributed by atoms with van der Waals surface area (Å²) in [4.78, 5) is 34.2. The van der Waals surface area contributed by atoms with Crippen molar-refractivity contribution >= 4 is 17.9 Å². The van der Waals surface area contributed by atoms with Crippen LogP contribution < -0.4 is 0 Å². The molecule has 0 N–H and O–H groups in total. The van der Waals surface area contributed by atoms with Gasteiger partial charge in [-0.2, -0.15) is 0 Å². The number of hydrogen-bond donors (Lipinski definition) is 0. The Hall–Kier alpha value is -2.15. The Morgan fingerprint density at radius 3 is 1.96 bits per heavy atom. The fourth-order valence-electron chi connectivity index (χ4n) is 2.66. The van der Waals surface area contributed by atoms with Crippen molar-refractivity contribution in [2.45, 2.75) is 57.6 Å². The van der Waals surface area contributed by atoms with E-state index >= 15 is 0 Å². The molecule has 8 nitrogen and oxygen atoms in total. The lowest BCUT2D eigenvalue weighted by atomic mass is 9.97. The Labute approximate surface area is 133 Å². The summed E-state index contributed by atoms with van der Waals surface area (Å²) >= 11 is 0. The fourth-order valence-corrected chi connectivity index (χ4v) is 2.66. The monoisotopic (exact) mass is 326 g/mol. The van der Waals surface area contributed by atoms with Gasteiger partial charge in [0.05, 0.1) is 0 Å². The van der Waals surface area contributed by atoms with Crippen molar-refractivity contribution in [1.82, 2.24) is 0 Å². The lowest BCUT2D eigenvalue weighted by Gasteiger charge is -2.38. The molecule has 0 unspecified atom stereocenters. The van der Waals surface area contributed by atoms with Crippen LogP contribution in [0.25, 0.3) is 0 Å². The zero-order valence-corrected chi connectivity index (χ0v) is 13.0. The largest absolute Gasteiger partial charge is 0.456 e. The summed E-state index contributed by atoms with van der Waals surface area (Å²) < 4.78 is 26.9. The molecule has 2 aliphatic rings. The van der Waals surface area contributed by atoms with Gasteiger partial charge in [0.25, 0.3) is 0 Å². The van der Waals surface area contributed by atoms with E-state index in [9.17, 15) is 14.4 Å². The zero-order chi connectivity index (χ0) is 17.1. The molecule has 2 rings (SSSR count). The molecule has 0 radical (unpaired) electrons. The molecule has 0 aromatic rings. The Kier molecular flexibility index (Phi) is 5.20. The van der Waals surface area contributed by atoms with Gasteiger partial charge in [-0.3, -0.25) is 14.4 Å². The molecule has 23 heavy (non-hydrogen) atoms. The highest BCUT2D eigenvalue weighted by atomic mass is 16.8. The van der Waals surface area contributed by atoms with Crippen LogP contribution in [0.4, 0.5) is 0 Å². The first kappa shape index (κ1) is 17.2. The Morgan fingerprint density at radius 2 is 1.43 bits per heavy atom. The maximum Gasteiger partial charge on any atom is 0.303 e. The summed E-state index contributed by atoms with van der Waals surface area (Å²) in [6.45, 7) is 7.08. The van der Waals surface area contributed by atoms with E-state index in [2.05, 4.69) is 12.3 Å². The van der Waals surface area contributed by atoms with Crippen molar-refractivity contribution in [3.8, 4) is 0 Å². The normalized spacial score (nSPS) is 34.9. The predicted molar refractivity (Wildman–Crippen MR) is 73.9 cm³/mol. The summed E-state index contributed by atoms with van der Waals surface area (Å²) in [5.74, 6) is -1.81. The summed E-state index contributed by atoms with van der Waals surface area (Å²) in [5.41, 5.74) is 2.57. The van der Waals surface area contributed by atoms with Gasteiger partial charge in [0.2, 0.25) is 0 Å². The van der Waals surface area contributed by atoms with Crippen LogP contribution in [0.3, 0.4) is 0 Å². The topological polar surface area (TPSA) is 97.4 Å². The highest BCUT2D eigenvalue weighted by Crippen LogP contribution is 2.37. The Morgan fingerprint density at radius 1 is 0.913 bits per heavy atom. The SMILES string of the molecule is C=C=C[C@@H]1O[C@@H]2O[C@H]1[C@@H](OC(C)=O)[C@H](OC(C)=O)[C@@H]2OC(C)=O. The van der Waals surface area contributed by atoms with E-state index in [1.54, 1.807) is 0 Å². The van der Waals surface area contributed by atoms with Crippen LogP contribution in [0, 0.1) is 0 Å². The van der Waals surface area contributed by atoms with Gasteiger partial charge < -0.3 is 23.7 Å². The van der Waals surface area contributed by atoms with Gasteiger partial charge in [0.15, 0.2) is 24.6 Å². The molecule has 2 bridgehead atoms. The molecule has 0 amide bonds. The van der Waals surface area contributed by atoms with Gasteiger partial charge in [0, 0.05) is 20.8 Å². The molecular weight excluding hydrogens is 308 g/mol. The van der Waals surface area contributed by atoms with Crippen molar-refractivity contribution in [1.29, 1.82) is 0 Å². The van der Waals surface area contributed by atoms with Crippen molar-refractivity contribution in [2.24, 2.45) is 0 Å². The minimum atomic E-state index is -1.06. The van der Waals surface area contributed by atoms with Crippen LogP contribution >= 0.6 is 0 Å². The molecule has 0 aromatic carbocycles. The first-order valence-corrected chi connectivity index (χ1v) is 7.02. The minimum absolute atomic E-state index is 0.594. The molecule has 0 aliphatic carbocycles. The highest BCUT2D eigenvalue weighted by Gasteiger charge is 2.59. The number of rotatable bonds is 4. The van der Waals surface area contributed by atoms with Crippen molar-refractivity contribution < 1.29 is 38.1 Å². The molecule has 6 atom stereocenters. The first-order chi connectivity index (χ1) is 10.8. The molecule has 2 heterocycles. The maximum absolute atomic E-state index is 11.4. The lowest BCUT2D eigenvalue weighted by molar-refractivity contribution is -0.250. The number of fused-ring (bicyclic) bond motifs is 2. The van der Waals surface area contributed by atoms with Gasteiger partial charge in [-0.05, 0) is 6.08 Å². The molecular formula is C15H18O8. The van der Waals surface area contributed by atoms with Gasteiger partial charge in [-0.1, -0.05) is 6.58 Å². The third kappa shape index (κ3) is 3.79. The van der Waals surface area contributed by atoms with Crippen LogP contribution in [0.2, 0.25) is 0 Å². The standard InChI is InChI=1S/C15H18O8/c1-5-6-10-11-12(19-7(2)16)13(20-8(3)17)14(21-9(4)18)15(22-10)23-11/h6,10-15H,1H2,2-4H3/t10-,11+,12+,13-,14-,15+/m0/s1.